The van der Waals surface area contributed by atoms with Crippen molar-refractivity contribution in [1.82, 2.24) is 0 Å². The minimum absolute atomic E-state index is 1.37. The van der Waals surface area contributed by atoms with Gasteiger partial charge in [-0.25, -0.2) is 0 Å². The molecule has 0 rings (SSSR count). The third-order valence-corrected chi connectivity index (χ3v) is 0.425. The van der Waals surface area contributed by atoms with Gasteiger partial charge >= 0.3 is 0 Å². The van der Waals surface area contributed by atoms with Gasteiger partial charge in [-0.15, -0.1) is 12.8 Å². The molecule has 0 saturated heterocycles. The minimum Gasteiger partial charge on any atom is -0.115 e. The predicted octanol–water partition coefficient (Wildman–Crippen LogP) is 0.771. The first-order valence-electron chi connectivity index (χ1n) is 2.15. The van der Waals surface area contributed by atoms with Crippen LogP contribution in [-0.2, 0) is 0 Å². The van der Waals surface area contributed by atoms with Crippen molar-refractivity contribution >= 4 is 0 Å². The Morgan fingerprint density at radius 3 is 2.44 bits per heavy atom. The van der Waals surface area contributed by atoms with Crippen LogP contribution in [0.1, 0.15) is 0 Å². The molecule has 0 heterocycles. The first-order chi connectivity index (χ1) is 4.41. The maximum atomic E-state index is 4.85. The van der Waals surface area contributed by atoms with E-state index in [0.717, 1.165) is 0 Å². The Kier molecular flexibility index (Phi) is 4.96. The van der Waals surface area contributed by atoms with E-state index in [2.05, 4.69) is 35.5 Å². The molecular weight excluding hydrogens is 108 g/mol. The molecule has 0 unspecified atom stereocenters. The SMILES string of the molecule is C#CC#C[C]=C=CC#C. The van der Waals surface area contributed by atoms with Crippen LogP contribution in [0.15, 0.2) is 11.8 Å². The summed E-state index contributed by atoms with van der Waals surface area (Å²) in [7, 11) is 0. The van der Waals surface area contributed by atoms with Crippen molar-refractivity contribution in [3.63, 3.8) is 0 Å². The molecule has 1 radical (unpaired) electrons. The number of hydrogen-bond donors (Lipinski definition) is 0. The molecule has 0 atom stereocenters. The molecule has 0 aliphatic heterocycles. The monoisotopic (exact) mass is 111 g/mol. The van der Waals surface area contributed by atoms with Gasteiger partial charge < -0.3 is 0 Å². The summed E-state index contributed by atoms with van der Waals surface area (Å²) in [6, 6.07) is 0. The molecule has 0 bridgehead atoms. The third-order valence-electron chi connectivity index (χ3n) is 0.425. The van der Waals surface area contributed by atoms with Crippen molar-refractivity contribution in [3.8, 4) is 36.5 Å². The second-order valence-corrected chi connectivity index (χ2v) is 0.975. The van der Waals surface area contributed by atoms with Crippen LogP contribution < -0.4 is 0 Å². The summed E-state index contributed by atoms with van der Waals surface area (Å²) in [5, 5.41) is 0. The zero-order valence-electron chi connectivity index (χ0n) is 4.73. The van der Waals surface area contributed by atoms with Gasteiger partial charge in [-0.2, -0.15) is 0 Å². The minimum atomic E-state index is 1.37. The van der Waals surface area contributed by atoms with E-state index in [9.17, 15) is 0 Å². The number of terminal acetylenes is 2. The quantitative estimate of drug-likeness (QED) is 0.320. The standard InChI is InChI=1S/C9H3/c1-3-5-7-9-8-6-4-2/h1-2,5H. The lowest BCUT2D eigenvalue weighted by Gasteiger charge is -1.53. The van der Waals surface area contributed by atoms with Crippen molar-refractivity contribution in [2.75, 3.05) is 0 Å². The van der Waals surface area contributed by atoms with Crippen molar-refractivity contribution < 1.29 is 0 Å². The molecule has 0 aromatic carbocycles. The van der Waals surface area contributed by atoms with E-state index < -0.39 is 0 Å². The van der Waals surface area contributed by atoms with Crippen molar-refractivity contribution in [2.45, 2.75) is 0 Å². The van der Waals surface area contributed by atoms with Crippen LogP contribution in [0.5, 0.6) is 0 Å². The summed E-state index contributed by atoms with van der Waals surface area (Å²) < 4.78 is 0. The Hall–Kier alpha value is -1.80. The van der Waals surface area contributed by atoms with Crippen LogP contribution in [0.3, 0.4) is 0 Å². The molecule has 0 aromatic rings. The van der Waals surface area contributed by atoms with Gasteiger partial charge in [0.15, 0.2) is 0 Å². The second-order valence-electron chi connectivity index (χ2n) is 0.975. The first-order valence-corrected chi connectivity index (χ1v) is 2.15. The highest BCUT2D eigenvalue weighted by Gasteiger charge is 1.52. The fraction of sp³-hybridized carbons (Fsp3) is 0. The van der Waals surface area contributed by atoms with Crippen LogP contribution in [0.2, 0.25) is 0 Å². The molecule has 0 aliphatic carbocycles. The average molecular weight is 111 g/mol. The maximum Gasteiger partial charge on any atom is 0.0916 e. The molecular formula is C9H3. The van der Waals surface area contributed by atoms with Gasteiger partial charge in [-0.3, -0.25) is 0 Å². The van der Waals surface area contributed by atoms with E-state index >= 15 is 0 Å². The van der Waals surface area contributed by atoms with Crippen LogP contribution in [0, 0.1) is 42.6 Å². The van der Waals surface area contributed by atoms with Crippen molar-refractivity contribution in [2.24, 2.45) is 0 Å². The lowest BCUT2D eigenvalue weighted by atomic mass is 10.5. The van der Waals surface area contributed by atoms with E-state index in [1.54, 1.807) is 0 Å². The van der Waals surface area contributed by atoms with Gasteiger partial charge in [0.2, 0.25) is 0 Å². The normalized spacial score (nSPS) is 4.22. The lowest BCUT2D eigenvalue weighted by Crippen LogP contribution is -1.46. The van der Waals surface area contributed by atoms with Crippen molar-refractivity contribution in [1.29, 1.82) is 0 Å². The Labute approximate surface area is 55.3 Å². The Morgan fingerprint density at radius 1 is 1.11 bits per heavy atom. The Balaban J connectivity index is 3.95. The first kappa shape index (κ1) is 7.20. The largest absolute Gasteiger partial charge is 0.115 e. The topological polar surface area (TPSA) is 0 Å². The van der Waals surface area contributed by atoms with Crippen molar-refractivity contribution in [3.05, 3.63) is 17.9 Å². The number of allylic oxidation sites excluding steroid dienone is 1. The van der Waals surface area contributed by atoms with Gasteiger partial charge in [0.25, 0.3) is 0 Å². The summed E-state index contributed by atoms with van der Waals surface area (Å²) in [6.45, 7) is 0. The second kappa shape index (κ2) is 6.20. The summed E-state index contributed by atoms with van der Waals surface area (Å²) in [4.78, 5) is 0. The highest BCUT2D eigenvalue weighted by Crippen LogP contribution is 1.60. The molecule has 0 saturated carbocycles. The van der Waals surface area contributed by atoms with E-state index in [1.807, 2.05) is 0 Å². The number of hydrogen-bond acceptors (Lipinski definition) is 0. The average Bonchev–Trinajstić information content (AvgIpc) is 1.89. The molecule has 0 amide bonds. The zero-order chi connectivity index (χ0) is 6.95. The van der Waals surface area contributed by atoms with Gasteiger partial charge in [-0.05, 0) is 17.8 Å². The van der Waals surface area contributed by atoms with Crippen LogP contribution in [0.4, 0.5) is 0 Å². The molecule has 0 N–H and O–H groups in total. The zero-order valence-corrected chi connectivity index (χ0v) is 4.73. The summed E-state index contributed by atoms with van der Waals surface area (Å²) in [6.07, 6.45) is 13.4. The summed E-state index contributed by atoms with van der Waals surface area (Å²) >= 11 is 0. The van der Waals surface area contributed by atoms with Gasteiger partial charge in [-0.1, -0.05) is 11.7 Å². The number of rotatable bonds is 0. The van der Waals surface area contributed by atoms with Gasteiger partial charge in [0.05, 0.1) is 6.08 Å². The smallest absolute Gasteiger partial charge is 0.0916 e. The molecule has 0 heteroatoms. The molecule has 0 spiro atoms. The van der Waals surface area contributed by atoms with Gasteiger partial charge in [0.1, 0.15) is 0 Å². The fourth-order valence-electron chi connectivity index (χ4n) is 0.181. The molecule has 0 aromatic heterocycles. The molecule has 0 nitrogen and oxygen atoms in total. The molecule has 9 heavy (non-hydrogen) atoms. The molecule has 0 fully saturated rings. The van der Waals surface area contributed by atoms with Crippen LogP contribution >= 0.6 is 0 Å². The lowest BCUT2D eigenvalue weighted by molar-refractivity contribution is 2.05. The molecule has 39 valence electrons. The predicted molar refractivity (Wildman–Crippen MR) is 36.8 cm³/mol. The molecule has 0 aliphatic rings. The fourth-order valence-corrected chi connectivity index (χ4v) is 0.181. The summed E-state index contributed by atoms with van der Waals surface area (Å²) in [5.74, 6) is 9.06. The van der Waals surface area contributed by atoms with E-state index in [0.29, 0.717) is 0 Å². The van der Waals surface area contributed by atoms with E-state index in [4.69, 9.17) is 12.8 Å². The third kappa shape index (κ3) is 6.20. The van der Waals surface area contributed by atoms with Crippen LogP contribution in [-0.4, -0.2) is 0 Å². The Bertz CT molecular complexity index is 262. The van der Waals surface area contributed by atoms with E-state index in [-0.39, 0.29) is 0 Å². The van der Waals surface area contributed by atoms with Crippen LogP contribution in [0.25, 0.3) is 0 Å². The summed E-state index contributed by atoms with van der Waals surface area (Å²) in [5.41, 5.74) is 2.49. The maximum absolute atomic E-state index is 4.85. The van der Waals surface area contributed by atoms with E-state index in [1.165, 1.54) is 6.08 Å². The van der Waals surface area contributed by atoms with Gasteiger partial charge in [0, 0.05) is 6.08 Å². The highest BCUT2D eigenvalue weighted by molar-refractivity contribution is 5.25. The Morgan fingerprint density at radius 2 is 1.89 bits per heavy atom. The highest BCUT2D eigenvalue weighted by atomic mass is 13.5.